The molecule has 3 nitrogen and oxygen atoms in total. The Balaban J connectivity index is 2.09. The van der Waals surface area contributed by atoms with Crippen LogP contribution in [-0.2, 0) is 23.1 Å². The van der Waals surface area contributed by atoms with E-state index >= 15 is 0 Å². The molecular weight excluding hydrogens is 289 g/mol. The van der Waals surface area contributed by atoms with Crippen LogP contribution in [0.3, 0.4) is 0 Å². The summed E-state index contributed by atoms with van der Waals surface area (Å²) in [6.45, 7) is 0.620. The molecule has 0 fully saturated rings. The number of hydrogen-bond acceptors (Lipinski definition) is 3. The van der Waals surface area contributed by atoms with Crippen molar-refractivity contribution in [2.45, 2.75) is 17.2 Å². The van der Waals surface area contributed by atoms with Gasteiger partial charge in [-0.3, -0.25) is 4.21 Å². The molecule has 0 bridgehead atoms. The minimum atomic E-state index is -1.31. The van der Waals surface area contributed by atoms with Crippen LogP contribution in [0.2, 0.25) is 5.02 Å². The lowest BCUT2D eigenvalue weighted by atomic mass is 10.3. The fourth-order valence-electron chi connectivity index (χ4n) is 1.60. The maximum atomic E-state index is 13.0. The lowest BCUT2D eigenvalue weighted by Gasteiger charge is -2.02. The summed E-state index contributed by atoms with van der Waals surface area (Å²) < 4.78 is 30.6. The molecule has 2 rings (SSSR count). The van der Waals surface area contributed by atoms with E-state index in [4.69, 9.17) is 16.0 Å². The van der Waals surface area contributed by atoms with Gasteiger partial charge in [-0.05, 0) is 37.4 Å². The normalized spacial score (nSPS) is 12.6. The molecule has 1 aromatic carbocycles. The first-order valence-electron chi connectivity index (χ1n) is 5.66. The van der Waals surface area contributed by atoms with Crippen molar-refractivity contribution in [3.8, 4) is 0 Å². The third-order valence-corrected chi connectivity index (χ3v) is 4.11. The van der Waals surface area contributed by atoms with Crippen LogP contribution in [0.5, 0.6) is 0 Å². The van der Waals surface area contributed by atoms with E-state index in [2.05, 4.69) is 5.32 Å². The van der Waals surface area contributed by atoms with Gasteiger partial charge in [0.15, 0.2) is 0 Å². The fraction of sp³-hybridized carbons (Fsp3) is 0.231. The highest BCUT2D eigenvalue weighted by molar-refractivity contribution is 7.84. The van der Waals surface area contributed by atoms with E-state index < -0.39 is 16.6 Å². The maximum absolute atomic E-state index is 13.0. The molecule has 1 aromatic heterocycles. The first kappa shape index (κ1) is 14.2. The zero-order chi connectivity index (χ0) is 13.8. The maximum Gasteiger partial charge on any atom is 0.141 e. The van der Waals surface area contributed by atoms with Gasteiger partial charge in [0.2, 0.25) is 0 Å². The summed E-state index contributed by atoms with van der Waals surface area (Å²) in [4.78, 5) is 0.484. The third kappa shape index (κ3) is 3.65. The number of halogens is 2. The molecule has 0 saturated carbocycles. The Bertz CT molecular complexity index is 600. The molecule has 1 N–H and O–H groups in total. The average molecular weight is 302 g/mol. The second-order valence-corrected chi connectivity index (χ2v) is 5.82. The van der Waals surface area contributed by atoms with E-state index in [0.717, 1.165) is 5.76 Å². The summed E-state index contributed by atoms with van der Waals surface area (Å²) in [6.07, 6.45) is 0. The molecule has 0 aliphatic carbocycles. The van der Waals surface area contributed by atoms with Crippen LogP contribution in [0.4, 0.5) is 4.39 Å². The van der Waals surface area contributed by atoms with Crippen LogP contribution in [0.1, 0.15) is 11.5 Å². The Labute approximate surface area is 118 Å². The summed E-state index contributed by atoms with van der Waals surface area (Å²) in [5.74, 6) is 1.14. The van der Waals surface area contributed by atoms with Crippen LogP contribution in [-0.4, -0.2) is 11.3 Å². The molecule has 0 radical (unpaired) electrons. The van der Waals surface area contributed by atoms with Crippen molar-refractivity contribution in [3.05, 3.63) is 52.7 Å². The second-order valence-electron chi connectivity index (χ2n) is 3.96. The first-order chi connectivity index (χ1) is 9.10. The van der Waals surface area contributed by atoms with Crippen molar-refractivity contribution in [2.24, 2.45) is 0 Å². The van der Waals surface area contributed by atoms with Crippen LogP contribution in [0.15, 0.2) is 39.6 Å². The van der Waals surface area contributed by atoms with Crippen LogP contribution in [0.25, 0.3) is 0 Å². The van der Waals surface area contributed by atoms with Crippen molar-refractivity contribution in [3.63, 3.8) is 0 Å². The minimum Gasteiger partial charge on any atom is -0.464 e. The summed E-state index contributed by atoms with van der Waals surface area (Å²) in [6, 6.07) is 7.68. The summed E-state index contributed by atoms with van der Waals surface area (Å²) in [5.41, 5.74) is 0. The van der Waals surface area contributed by atoms with Crippen molar-refractivity contribution in [2.75, 3.05) is 7.05 Å². The van der Waals surface area contributed by atoms with Crippen LogP contribution < -0.4 is 5.32 Å². The van der Waals surface area contributed by atoms with Gasteiger partial charge in [0.25, 0.3) is 0 Å². The Morgan fingerprint density at radius 1 is 1.32 bits per heavy atom. The molecule has 0 saturated heterocycles. The highest BCUT2D eigenvalue weighted by Crippen LogP contribution is 2.20. The van der Waals surface area contributed by atoms with Gasteiger partial charge in [-0.25, -0.2) is 4.39 Å². The van der Waals surface area contributed by atoms with Crippen LogP contribution in [0, 0.1) is 5.82 Å². The molecular formula is C13H13ClFNO2S. The fourth-order valence-corrected chi connectivity index (χ4v) is 2.89. The molecule has 2 aromatic rings. The van der Waals surface area contributed by atoms with Gasteiger partial charge in [-0.2, -0.15) is 0 Å². The second kappa shape index (κ2) is 6.32. The number of benzene rings is 1. The van der Waals surface area contributed by atoms with Gasteiger partial charge in [0, 0.05) is 4.90 Å². The summed E-state index contributed by atoms with van der Waals surface area (Å²) >= 11 is 5.67. The van der Waals surface area contributed by atoms with Crippen molar-refractivity contribution in [1.82, 2.24) is 5.32 Å². The molecule has 19 heavy (non-hydrogen) atoms. The predicted molar refractivity (Wildman–Crippen MR) is 73.0 cm³/mol. The van der Waals surface area contributed by atoms with Gasteiger partial charge >= 0.3 is 0 Å². The topological polar surface area (TPSA) is 42.2 Å². The Morgan fingerprint density at radius 2 is 2.05 bits per heavy atom. The van der Waals surface area contributed by atoms with Gasteiger partial charge in [-0.1, -0.05) is 11.6 Å². The highest BCUT2D eigenvalue weighted by Gasteiger charge is 2.11. The van der Waals surface area contributed by atoms with E-state index in [-0.39, 0.29) is 10.8 Å². The van der Waals surface area contributed by atoms with Crippen molar-refractivity contribution < 1.29 is 13.0 Å². The largest absolute Gasteiger partial charge is 0.464 e. The third-order valence-electron chi connectivity index (χ3n) is 2.50. The molecule has 1 unspecified atom stereocenters. The number of hydrogen-bond donors (Lipinski definition) is 1. The Morgan fingerprint density at radius 3 is 2.74 bits per heavy atom. The molecule has 102 valence electrons. The minimum absolute atomic E-state index is 0.0267. The smallest absolute Gasteiger partial charge is 0.141 e. The first-order valence-corrected chi connectivity index (χ1v) is 7.35. The van der Waals surface area contributed by atoms with E-state index in [9.17, 15) is 8.60 Å². The van der Waals surface area contributed by atoms with Crippen LogP contribution >= 0.6 is 11.6 Å². The molecule has 0 amide bonds. The van der Waals surface area contributed by atoms with E-state index in [1.807, 2.05) is 13.1 Å². The predicted octanol–water partition coefficient (Wildman–Crippen LogP) is 3.10. The standard InChI is InChI=1S/C13H13ClFNO2S/c1-16-7-9-2-3-10(18-9)8-19(17)11-4-5-13(15)12(14)6-11/h2-6,16H,7-8H2,1H3. The lowest BCUT2D eigenvalue weighted by Crippen LogP contribution is -2.03. The summed E-state index contributed by atoms with van der Waals surface area (Å²) in [5, 5.41) is 2.94. The molecule has 0 aliphatic heterocycles. The lowest BCUT2D eigenvalue weighted by molar-refractivity contribution is 0.467. The highest BCUT2D eigenvalue weighted by atomic mass is 35.5. The van der Waals surface area contributed by atoms with Gasteiger partial charge in [0.1, 0.15) is 17.3 Å². The SMILES string of the molecule is CNCc1ccc(CS(=O)c2ccc(F)c(Cl)c2)o1. The number of nitrogens with one attached hydrogen (secondary N) is 1. The molecule has 6 heteroatoms. The Kier molecular flexibility index (Phi) is 4.74. The number of furan rings is 1. The zero-order valence-electron chi connectivity index (χ0n) is 10.3. The molecule has 0 aliphatic rings. The van der Waals surface area contributed by atoms with Gasteiger partial charge < -0.3 is 9.73 Å². The van der Waals surface area contributed by atoms with Crippen molar-refractivity contribution in [1.29, 1.82) is 0 Å². The summed E-state index contributed by atoms with van der Waals surface area (Å²) in [7, 11) is 0.511. The van der Waals surface area contributed by atoms with E-state index in [0.29, 0.717) is 17.2 Å². The average Bonchev–Trinajstić information content (AvgIpc) is 2.80. The van der Waals surface area contributed by atoms with E-state index in [1.165, 1.54) is 18.2 Å². The van der Waals surface area contributed by atoms with E-state index in [1.54, 1.807) is 6.07 Å². The van der Waals surface area contributed by atoms with Gasteiger partial charge in [-0.15, -0.1) is 0 Å². The number of rotatable bonds is 5. The van der Waals surface area contributed by atoms with Gasteiger partial charge in [0.05, 0.1) is 28.1 Å². The van der Waals surface area contributed by atoms with Crippen molar-refractivity contribution >= 4 is 22.4 Å². The molecule has 1 atom stereocenters. The molecule has 1 heterocycles. The zero-order valence-corrected chi connectivity index (χ0v) is 11.9. The molecule has 0 spiro atoms. The quantitative estimate of drug-likeness (QED) is 0.923. The Hall–Kier alpha value is -1.17. The monoisotopic (exact) mass is 301 g/mol.